The minimum atomic E-state index is -3.19. The van der Waals surface area contributed by atoms with E-state index in [4.69, 9.17) is 11.6 Å². The second-order valence-corrected chi connectivity index (χ2v) is 10.0. The summed E-state index contributed by atoms with van der Waals surface area (Å²) in [7, 11) is -3.19. The number of hydrogen-bond acceptors (Lipinski definition) is 3. The maximum Gasteiger partial charge on any atom is 0.175 e. The van der Waals surface area contributed by atoms with Gasteiger partial charge in [0.15, 0.2) is 9.84 Å². The van der Waals surface area contributed by atoms with Crippen LogP contribution in [0.15, 0.2) is 47.5 Å². The lowest BCUT2D eigenvalue weighted by Gasteiger charge is -2.20. The van der Waals surface area contributed by atoms with Crippen molar-refractivity contribution in [2.75, 3.05) is 6.26 Å². The Labute approximate surface area is 164 Å². The summed E-state index contributed by atoms with van der Waals surface area (Å²) in [5, 5.41) is 1.62. The zero-order valence-corrected chi connectivity index (χ0v) is 16.9. The summed E-state index contributed by atoms with van der Waals surface area (Å²) in [5.74, 6) is 0.891. The first-order chi connectivity index (χ1) is 12.9. The zero-order chi connectivity index (χ0) is 19.0. The molecule has 4 nitrogen and oxygen atoms in total. The number of benzene rings is 1. The number of halogens is 1. The quantitative estimate of drug-likeness (QED) is 0.627. The Bertz CT molecular complexity index is 1050. The molecular formula is C21H23ClN2O2S. The molecule has 0 spiro atoms. The van der Waals surface area contributed by atoms with E-state index in [0.29, 0.717) is 15.8 Å². The second kappa shape index (κ2) is 7.28. The molecule has 1 aliphatic carbocycles. The Kier molecular flexibility index (Phi) is 4.99. The van der Waals surface area contributed by atoms with E-state index in [1.54, 1.807) is 18.3 Å². The monoisotopic (exact) mass is 402 g/mol. The maximum absolute atomic E-state index is 11.8. The molecular weight excluding hydrogens is 380 g/mol. The molecule has 1 unspecified atom stereocenters. The van der Waals surface area contributed by atoms with Crippen molar-refractivity contribution < 1.29 is 8.42 Å². The Hall–Kier alpha value is -1.85. The van der Waals surface area contributed by atoms with E-state index in [2.05, 4.69) is 16.0 Å². The van der Waals surface area contributed by atoms with Crippen LogP contribution in [0.25, 0.3) is 11.0 Å². The maximum atomic E-state index is 11.8. The summed E-state index contributed by atoms with van der Waals surface area (Å²) < 4.78 is 23.6. The molecule has 1 aliphatic rings. The van der Waals surface area contributed by atoms with E-state index in [1.807, 2.05) is 18.2 Å². The predicted molar refractivity (Wildman–Crippen MR) is 109 cm³/mol. The third-order valence-electron chi connectivity index (χ3n) is 5.59. The highest BCUT2D eigenvalue weighted by Gasteiger charge is 2.24. The van der Waals surface area contributed by atoms with Crippen molar-refractivity contribution in [1.29, 1.82) is 0 Å². The van der Waals surface area contributed by atoms with Gasteiger partial charge in [-0.1, -0.05) is 49.4 Å². The molecule has 1 fully saturated rings. The fraction of sp³-hybridized carbons (Fsp3) is 0.381. The summed E-state index contributed by atoms with van der Waals surface area (Å²) >= 11 is 6.09. The first kappa shape index (κ1) is 18.5. The SMILES string of the molecule is CS(=O)(=O)c1ccc(C(CC2CCCC2)c2cc3cc(Cl)cnc3[nH]2)cc1. The van der Waals surface area contributed by atoms with Crippen molar-refractivity contribution in [3.63, 3.8) is 0 Å². The summed E-state index contributed by atoms with van der Waals surface area (Å²) in [5.41, 5.74) is 3.07. The fourth-order valence-electron chi connectivity index (χ4n) is 4.17. The summed E-state index contributed by atoms with van der Waals surface area (Å²) in [4.78, 5) is 8.20. The van der Waals surface area contributed by atoms with Gasteiger partial charge in [-0.05, 0) is 42.2 Å². The second-order valence-electron chi connectivity index (χ2n) is 7.60. The number of rotatable bonds is 5. The first-order valence-electron chi connectivity index (χ1n) is 9.34. The highest BCUT2D eigenvalue weighted by atomic mass is 35.5. The van der Waals surface area contributed by atoms with Crippen molar-refractivity contribution in [1.82, 2.24) is 9.97 Å². The van der Waals surface area contributed by atoms with E-state index < -0.39 is 9.84 Å². The lowest BCUT2D eigenvalue weighted by molar-refractivity contribution is 0.469. The minimum absolute atomic E-state index is 0.190. The molecule has 3 aromatic rings. The smallest absolute Gasteiger partial charge is 0.175 e. The van der Waals surface area contributed by atoms with E-state index >= 15 is 0 Å². The molecule has 0 amide bonds. The van der Waals surface area contributed by atoms with Crippen LogP contribution < -0.4 is 0 Å². The van der Waals surface area contributed by atoms with Crippen molar-refractivity contribution in [2.24, 2.45) is 5.92 Å². The van der Waals surface area contributed by atoms with Gasteiger partial charge in [0, 0.05) is 29.5 Å². The van der Waals surface area contributed by atoms with Gasteiger partial charge in [-0.2, -0.15) is 0 Å². The van der Waals surface area contributed by atoms with Gasteiger partial charge in [0.05, 0.1) is 9.92 Å². The van der Waals surface area contributed by atoms with Crippen LogP contribution in [-0.4, -0.2) is 24.6 Å². The first-order valence-corrected chi connectivity index (χ1v) is 11.6. The predicted octanol–water partition coefficient (Wildman–Crippen LogP) is 5.33. The van der Waals surface area contributed by atoms with Crippen molar-refractivity contribution in [3.05, 3.63) is 58.9 Å². The van der Waals surface area contributed by atoms with E-state index in [9.17, 15) is 8.42 Å². The van der Waals surface area contributed by atoms with Crippen molar-refractivity contribution >= 4 is 32.5 Å². The van der Waals surface area contributed by atoms with E-state index in [-0.39, 0.29) is 5.92 Å². The van der Waals surface area contributed by atoms with Crippen LogP contribution in [0.2, 0.25) is 5.02 Å². The summed E-state index contributed by atoms with van der Waals surface area (Å²) in [6.45, 7) is 0. The third-order valence-corrected chi connectivity index (χ3v) is 6.92. The summed E-state index contributed by atoms with van der Waals surface area (Å²) in [6, 6.07) is 11.4. The Morgan fingerprint density at radius 1 is 1.19 bits per heavy atom. The molecule has 2 heterocycles. The minimum Gasteiger partial charge on any atom is -0.343 e. The fourth-order valence-corrected chi connectivity index (χ4v) is 4.96. The van der Waals surface area contributed by atoms with E-state index in [1.165, 1.54) is 31.9 Å². The van der Waals surface area contributed by atoms with Crippen LogP contribution in [0.4, 0.5) is 0 Å². The molecule has 1 aromatic carbocycles. The number of hydrogen-bond donors (Lipinski definition) is 1. The van der Waals surface area contributed by atoms with Crippen LogP contribution in [0.3, 0.4) is 0 Å². The number of pyridine rings is 1. The van der Waals surface area contributed by atoms with Gasteiger partial charge in [0.2, 0.25) is 0 Å². The van der Waals surface area contributed by atoms with Gasteiger partial charge < -0.3 is 4.98 Å². The van der Waals surface area contributed by atoms with Gasteiger partial charge in [-0.3, -0.25) is 0 Å². The topological polar surface area (TPSA) is 62.8 Å². The molecule has 0 bridgehead atoms. The number of aromatic amines is 1. The average molecular weight is 403 g/mol. The van der Waals surface area contributed by atoms with Crippen LogP contribution in [0.1, 0.15) is 49.3 Å². The number of H-pyrrole nitrogens is 1. The standard InChI is InChI=1S/C21H23ClN2O2S/c1-27(25,26)18-8-6-15(7-9-18)19(10-14-4-2-3-5-14)20-12-16-11-17(22)13-23-21(16)24-20/h6-9,11-14,19H,2-5,10H2,1H3,(H,23,24). The molecule has 1 atom stereocenters. The highest BCUT2D eigenvalue weighted by molar-refractivity contribution is 7.90. The molecule has 6 heteroatoms. The Morgan fingerprint density at radius 2 is 1.89 bits per heavy atom. The van der Waals surface area contributed by atoms with E-state index in [0.717, 1.165) is 28.7 Å². The van der Waals surface area contributed by atoms with Crippen LogP contribution in [0.5, 0.6) is 0 Å². The molecule has 0 saturated heterocycles. The largest absolute Gasteiger partial charge is 0.343 e. The normalized spacial score (nSPS) is 16.8. The number of nitrogens with zero attached hydrogens (tertiary/aromatic N) is 1. The molecule has 142 valence electrons. The van der Waals surface area contributed by atoms with Crippen molar-refractivity contribution in [3.8, 4) is 0 Å². The molecule has 1 N–H and O–H groups in total. The van der Waals surface area contributed by atoms with Crippen molar-refractivity contribution in [2.45, 2.75) is 42.9 Å². The van der Waals surface area contributed by atoms with Crippen LogP contribution >= 0.6 is 11.6 Å². The molecule has 0 radical (unpaired) electrons. The number of sulfone groups is 1. The zero-order valence-electron chi connectivity index (χ0n) is 15.3. The molecule has 2 aromatic heterocycles. The number of fused-ring (bicyclic) bond motifs is 1. The van der Waals surface area contributed by atoms with Gasteiger partial charge in [0.25, 0.3) is 0 Å². The summed E-state index contributed by atoms with van der Waals surface area (Å²) in [6.07, 6.45) is 9.08. The third kappa shape index (κ3) is 4.04. The average Bonchev–Trinajstić information content (AvgIpc) is 3.28. The lowest BCUT2D eigenvalue weighted by Crippen LogP contribution is -2.08. The molecule has 27 heavy (non-hydrogen) atoms. The molecule has 0 aliphatic heterocycles. The number of aromatic nitrogens is 2. The van der Waals surface area contributed by atoms with Gasteiger partial charge in [0.1, 0.15) is 5.65 Å². The molecule has 1 saturated carbocycles. The van der Waals surface area contributed by atoms with Crippen LogP contribution in [-0.2, 0) is 9.84 Å². The van der Waals surface area contributed by atoms with Gasteiger partial charge in [-0.15, -0.1) is 0 Å². The Morgan fingerprint density at radius 3 is 2.56 bits per heavy atom. The van der Waals surface area contributed by atoms with Crippen LogP contribution in [0, 0.1) is 5.92 Å². The molecule has 4 rings (SSSR count). The van der Waals surface area contributed by atoms with Gasteiger partial charge in [-0.25, -0.2) is 13.4 Å². The lowest BCUT2D eigenvalue weighted by atomic mass is 9.86. The Balaban J connectivity index is 1.73. The van der Waals surface area contributed by atoms with Gasteiger partial charge >= 0.3 is 0 Å². The number of nitrogens with one attached hydrogen (secondary N) is 1. The highest BCUT2D eigenvalue weighted by Crippen LogP contribution is 2.38.